The number of anilines is 2. The van der Waals surface area contributed by atoms with E-state index in [2.05, 4.69) is 16.7 Å². The van der Waals surface area contributed by atoms with Crippen molar-refractivity contribution in [1.82, 2.24) is 20.2 Å². The van der Waals surface area contributed by atoms with Crippen LogP contribution in [0, 0.1) is 18.3 Å². The van der Waals surface area contributed by atoms with E-state index in [0.29, 0.717) is 49.5 Å². The molecule has 1 N–H and O–H groups in total. The van der Waals surface area contributed by atoms with Crippen LogP contribution in [-0.4, -0.2) is 85.2 Å². The number of fused-ring (bicyclic) bond motifs is 2. The predicted octanol–water partition coefficient (Wildman–Crippen LogP) is 5.03. The summed E-state index contributed by atoms with van der Waals surface area (Å²) in [5.41, 5.74) is 2.21. The highest BCUT2D eigenvalue weighted by Gasteiger charge is 2.38. The van der Waals surface area contributed by atoms with E-state index in [1.54, 1.807) is 6.07 Å². The number of ether oxygens (including phenoxy) is 1. The van der Waals surface area contributed by atoms with Gasteiger partial charge in [0.05, 0.1) is 30.4 Å². The zero-order valence-corrected chi connectivity index (χ0v) is 25.7. The van der Waals surface area contributed by atoms with Crippen LogP contribution in [0.3, 0.4) is 0 Å². The smallest absolute Gasteiger partial charge is 0.318 e. The Morgan fingerprint density at radius 3 is 2.78 bits per heavy atom. The Balaban J connectivity index is 1.34. The number of hydrogen-bond acceptors (Lipinski definition) is 7. The molecule has 6 rings (SSSR count). The Morgan fingerprint density at radius 2 is 2.02 bits per heavy atom. The van der Waals surface area contributed by atoms with Gasteiger partial charge < -0.3 is 29.6 Å². The second-order valence-electron chi connectivity index (χ2n) is 11.9. The molecule has 2 aromatic carbocycles. The normalized spacial score (nSPS) is 21.1. The third-order valence-corrected chi connectivity index (χ3v) is 9.08. The topological polar surface area (TPSA) is 78.2 Å². The molecule has 0 unspecified atom stereocenters. The number of carbonyl (C=O) groups excluding carboxylic acids is 1. The Kier molecular flexibility index (Phi) is 8.94. The molecular weight excluding hydrogens is 626 g/mol. The Morgan fingerprint density at radius 1 is 1.20 bits per heavy atom. The number of rotatable bonds is 7. The maximum Gasteiger partial charge on any atom is 0.318 e. The fourth-order valence-electron chi connectivity index (χ4n) is 6.54. The summed E-state index contributed by atoms with van der Waals surface area (Å²) in [5, 5.41) is 4.14. The average molecular weight is 658 g/mol. The molecule has 9 nitrogen and oxygen atoms in total. The number of carbonyl (C=O) groups is 1. The van der Waals surface area contributed by atoms with Crippen LogP contribution >= 0.6 is 11.6 Å². The molecule has 46 heavy (non-hydrogen) atoms. The number of hydrogen-bond donors (Lipinski definition) is 1. The molecule has 1 aromatic heterocycles. The number of nitrogens with zero attached hydrogens (tertiary/aromatic N) is 6. The lowest BCUT2D eigenvalue weighted by atomic mass is 9.98. The summed E-state index contributed by atoms with van der Waals surface area (Å²) >= 11 is 6.44. The van der Waals surface area contributed by atoms with Gasteiger partial charge >= 0.3 is 6.01 Å². The number of piperazine rings is 1. The van der Waals surface area contributed by atoms with Crippen molar-refractivity contribution in [3.8, 4) is 6.01 Å². The highest BCUT2D eigenvalue weighted by Crippen LogP contribution is 2.38. The standard InChI is InChI=1S/C32H32ClF4N7O2/c1-19(34)30(45)44-11-10-43(15-22(44)14-38-2)29-23-8-9-42(26-5-3-4-21-6-7-24(35)28(33)27(21)26)16-25(23)40-31(41-29)46-17-20-12-32(36,37)18-39-13-20/h3-7,20,22,39H,1,8-18H2/t20-,22+/m1/s1. The molecule has 0 saturated carbocycles. The van der Waals surface area contributed by atoms with E-state index in [0.717, 1.165) is 16.6 Å². The Bertz CT molecular complexity index is 1720. The van der Waals surface area contributed by atoms with Crippen LogP contribution < -0.4 is 19.9 Å². The summed E-state index contributed by atoms with van der Waals surface area (Å²) < 4.78 is 62.4. The van der Waals surface area contributed by atoms with E-state index in [9.17, 15) is 22.4 Å². The lowest BCUT2D eigenvalue weighted by Gasteiger charge is -2.41. The SMILES string of the molecule is [C-]#[N+]C[C@H]1CN(c2nc(OC[C@H]3CNCC(F)(F)C3)nc3c2CCN(c2cccc4ccc(F)c(Cl)c24)C3)CCN1C(=O)C(=C)F. The van der Waals surface area contributed by atoms with E-state index < -0.39 is 35.4 Å². The summed E-state index contributed by atoms with van der Waals surface area (Å²) in [5.74, 6) is -5.20. The van der Waals surface area contributed by atoms with Crippen molar-refractivity contribution in [3.63, 3.8) is 0 Å². The lowest BCUT2D eigenvalue weighted by Crippen LogP contribution is -2.57. The minimum Gasteiger partial charge on any atom is -0.463 e. The van der Waals surface area contributed by atoms with Crippen LogP contribution in [0.5, 0.6) is 6.01 Å². The second-order valence-corrected chi connectivity index (χ2v) is 12.3. The molecule has 4 heterocycles. The lowest BCUT2D eigenvalue weighted by molar-refractivity contribution is -0.131. The van der Waals surface area contributed by atoms with Gasteiger partial charge in [-0.05, 0) is 23.9 Å². The van der Waals surface area contributed by atoms with Crippen molar-refractivity contribution in [1.29, 1.82) is 0 Å². The van der Waals surface area contributed by atoms with E-state index in [4.69, 9.17) is 32.9 Å². The molecule has 1 amide bonds. The van der Waals surface area contributed by atoms with Crippen molar-refractivity contribution in [2.24, 2.45) is 5.92 Å². The molecule has 242 valence electrons. The number of piperidine rings is 1. The Hall–Kier alpha value is -4.15. The molecule has 0 aliphatic carbocycles. The van der Waals surface area contributed by atoms with Crippen molar-refractivity contribution in [3.05, 3.63) is 76.3 Å². The number of aromatic nitrogens is 2. The second kappa shape index (κ2) is 12.9. The monoisotopic (exact) mass is 657 g/mol. The van der Waals surface area contributed by atoms with Crippen LogP contribution in [0.1, 0.15) is 17.7 Å². The number of halogens is 5. The van der Waals surface area contributed by atoms with E-state index in [-0.39, 0.29) is 50.2 Å². The zero-order valence-electron chi connectivity index (χ0n) is 24.9. The predicted molar refractivity (Wildman–Crippen MR) is 167 cm³/mol. The molecule has 0 radical (unpaired) electrons. The van der Waals surface area contributed by atoms with Crippen LogP contribution in [0.4, 0.5) is 29.1 Å². The summed E-state index contributed by atoms with van der Waals surface area (Å²) in [6, 6.07) is 8.03. The largest absolute Gasteiger partial charge is 0.463 e. The minimum absolute atomic E-state index is 0.0175. The van der Waals surface area contributed by atoms with Crippen LogP contribution in [-0.2, 0) is 17.8 Å². The number of amides is 1. The maximum atomic E-state index is 14.5. The number of nitrogens with one attached hydrogen (secondary N) is 1. The van der Waals surface area contributed by atoms with Gasteiger partial charge in [-0.1, -0.05) is 36.4 Å². The Labute approximate surface area is 268 Å². The molecule has 14 heteroatoms. The van der Waals surface area contributed by atoms with E-state index >= 15 is 0 Å². The van der Waals surface area contributed by atoms with Crippen molar-refractivity contribution < 1.29 is 27.1 Å². The highest BCUT2D eigenvalue weighted by atomic mass is 35.5. The quantitative estimate of drug-likeness (QED) is 0.217. The van der Waals surface area contributed by atoms with Gasteiger partial charge in [0.1, 0.15) is 17.7 Å². The summed E-state index contributed by atoms with van der Waals surface area (Å²) in [4.78, 5) is 30.7. The maximum absolute atomic E-state index is 14.5. The van der Waals surface area contributed by atoms with Gasteiger partial charge in [0.2, 0.25) is 6.54 Å². The van der Waals surface area contributed by atoms with E-state index in [1.165, 1.54) is 11.0 Å². The molecule has 3 aromatic rings. The van der Waals surface area contributed by atoms with Crippen molar-refractivity contribution in [2.45, 2.75) is 31.4 Å². The molecule has 2 fully saturated rings. The van der Waals surface area contributed by atoms with Crippen molar-refractivity contribution >= 4 is 39.8 Å². The van der Waals surface area contributed by atoms with E-state index in [1.807, 2.05) is 28.0 Å². The van der Waals surface area contributed by atoms with Gasteiger partial charge in [-0.3, -0.25) is 4.79 Å². The van der Waals surface area contributed by atoms with Gasteiger partial charge in [-0.25, -0.2) is 24.1 Å². The number of alkyl halides is 2. The van der Waals surface area contributed by atoms with Crippen LogP contribution in [0.15, 0.2) is 42.7 Å². The van der Waals surface area contributed by atoms with Gasteiger partial charge in [0.15, 0.2) is 5.83 Å². The zero-order chi connectivity index (χ0) is 32.6. The first kappa shape index (κ1) is 31.8. The molecule has 3 aliphatic rings. The average Bonchev–Trinajstić information content (AvgIpc) is 3.04. The fraction of sp³-hybridized carbons (Fsp3) is 0.438. The minimum atomic E-state index is -2.84. The molecule has 0 bridgehead atoms. The summed E-state index contributed by atoms with van der Waals surface area (Å²) in [6.07, 6.45) is 0.180. The molecule has 2 atom stereocenters. The summed E-state index contributed by atoms with van der Waals surface area (Å²) in [6.45, 7) is 12.0. The highest BCUT2D eigenvalue weighted by molar-refractivity contribution is 6.36. The van der Waals surface area contributed by atoms with Gasteiger partial charge in [-0.2, -0.15) is 9.97 Å². The van der Waals surface area contributed by atoms with Crippen LogP contribution in [0.2, 0.25) is 5.02 Å². The third-order valence-electron chi connectivity index (χ3n) is 8.71. The van der Waals surface area contributed by atoms with Gasteiger partial charge in [-0.15, -0.1) is 0 Å². The number of benzene rings is 2. The van der Waals surface area contributed by atoms with Crippen LogP contribution in [0.25, 0.3) is 15.6 Å². The molecule has 2 saturated heterocycles. The van der Waals surface area contributed by atoms with Gasteiger partial charge in [0, 0.05) is 61.7 Å². The first-order chi connectivity index (χ1) is 22.0. The molecule has 0 spiro atoms. The fourth-order valence-corrected chi connectivity index (χ4v) is 6.81. The molecule has 3 aliphatic heterocycles. The molecular formula is C32H32ClF4N7O2. The third kappa shape index (κ3) is 6.41. The first-order valence-electron chi connectivity index (χ1n) is 15.0. The first-order valence-corrected chi connectivity index (χ1v) is 15.4. The van der Waals surface area contributed by atoms with Gasteiger partial charge in [0.25, 0.3) is 11.8 Å². The van der Waals surface area contributed by atoms with Crippen molar-refractivity contribution in [2.75, 3.05) is 62.2 Å². The summed E-state index contributed by atoms with van der Waals surface area (Å²) in [7, 11) is 0.